The zero-order valence-corrected chi connectivity index (χ0v) is 15.3. The maximum atomic E-state index is 12.8. The smallest absolute Gasteiger partial charge is 0.326 e. The van der Waals surface area contributed by atoms with E-state index in [9.17, 15) is 14.4 Å². The predicted octanol–water partition coefficient (Wildman–Crippen LogP) is 2.09. The van der Waals surface area contributed by atoms with E-state index in [0.717, 1.165) is 17.5 Å². The predicted molar refractivity (Wildman–Crippen MR) is 94.4 cm³/mol. The minimum absolute atomic E-state index is 0.0711. The van der Waals surface area contributed by atoms with Crippen LogP contribution in [0.2, 0.25) is 0 Å². The number of piperidine rings is 1. The lowest BCUT2D eigenvalue weighted by Gasteiger charge is -2.35. The molecule has 0 radical (unpaired) electrons. The second-order valence-corrected chi connectivity index (χ2v) is 6.93. The average Bonchev–Trinajstić information content (AvgIpc) is 2.58. The van der Waals surface area contributed by atoms with Crippen molar-refractivity contribution in [1.29, 1.82) is 0 Å². The summed E-state index contributed by atoms with van der Waals surface area (Å²) in [6.07, 6.45) is 1.41. The fourth-order valence-electron chi connectivity index (χ4n) is 3.29. The molecule has 25 heavy (non-hydrogen) atoms. The maximum absolute atomic E-state index is 12.8. The molecule has 1 aromatic carbocycles. The van der Waals surface area contributed by atoms with Crippen LogP contribution in [0.25, 0.3) is 0 Å². The Balaban J connectivity index is 2.11. The van der Waals surface area contributed by atoms with Gasteiger partial charge in [0, 0.05) is 25.7 Å². The maximum Gasteiger partial charge on any atom is 0.326 e. The Morgan fingerprint density at radius 3 is 2.36 bits per heavy atom. The fraction of sp³-hybridized carbons (Fsp3) is 0.526. The van der Waals surface area contributed by atoms with Crippen molar-refractivity contribution in [1.82, 2.24) is 9.80 Å². The summed E-state index contributed by atoms with van der Waals surface area (Å²) in [7, 11) is 1.51. The number of aliphatic carboxylic acids is 1. The van der Waals surface area contributed by atoms with E-state index in [2.05, 4.69) is 0 Å². The number of nitrogens with zero attached hydrogens (tertiary/aromatic N) is 2. The van der Waals surface area contributed by atoms with Gasteiger partial charge in [0.1, 0.15) is 6.04 Å². The number of carbonyl (C=O) groups is 3. The van der Waals surface area contributed by atoms with E-state index in [1.807, 2.05) is 32.0 Å². The molecule has 1 fully saturated rings. The standard InChI is InChI=1S/C19H26N2O4/c1-12-8-13(2)10-16(9-12)18(23)21-7-5-6-15(11-21)17(22)20(4)14(3)19(24)25/h8-10,14-15H,5-7,11H2,1-4H3,(H,24,25). The van der Waals surface area contributed by atoms with Crippen molar-refractivity contribution in [2.24, 2.45) is 5.92 Å². The van der Waals surface area contributed by atoms with Crippen molar-refractivity contribution >= 4 is 17.8 Å². The monoisotopic (exact) mass is 346 g/mol. The molecule has 0 spiro atoms. The van der Waals surface area contributed by atoms with E-state index < -0.39 is 12.0 Å². The first-order chi connectivity index (χ1) is 11.7. The first kappa shape index (κ1) is 19.0. The number of hydrogen-bond donors (Lipinski definition) is 1. The van der Waals surface area contributed by atoms with Crippen LogP contribution in [0, 0.1) is 19.8 Å². The lowest BCUT2D eigenvalue weighted by atomic mass is 9.95. The molecule has 1 heterocycles. The van der Waals surface area contributed by atoms with Crippen LogP contribution in [0.15, 0.2) is 18.2 Å². The highest BCUT2D eigenvalue weighted by molar-refractivity contribution is 5.95. The molecule has 1 N–H and O–H groups in total. The Morgan fingerprint density at radius 2 is 1.80 bits per heavy atom. The number of hydrogen-bond acceptors (Lipinski definition) is 3. The van der Waals surface area contributed by atoms with Crippen molar-refractivity contribution in [2.75, 3.05) is 20.1 Å². The SMILES string of the molecule is Cc1cc(C)cc(C(=O)N2CCCC(C(=O)N(C)C(C)C(=O)O)C2)c1. The highest BCUT2D eigenvalue weighted by Crippen LogP contribution is 2.22. The van der Waals surface area contributed by atoms with E-state index in [1.165, 1.54) is 18.9 Å². The molecule has 0 aromatic heterocycles. The van der Waals surface area contributed by atoms with Gasteiger partial charge in [-0.2, -0.15) is 0 Å². The topological polar surface area (TPSA) is 77.9 Å². The summed E-state index contributed by atoms with van der Waals surface area (Å²) in [4.78, 5) is 39.4. The number of rotatable bonds is 4. The number of aryl methyl sites for hydroxylation is 2. The van der Waals surface area contributed by atoms with Gasteiger partial charge in [0.2, 0.25) is 5.91 Å². The van der Waals surface area contributed by atoms with Crippen molar-refractivity contribution in [3.05, 3.63) is 34.9 Å². The second-order valence-electron chi connectivity index (χ2n) is 6.93. The number of carboxylic acid groups (broad SMARTS) is 1. The van der Waals surface area contributed by atoms with Gasteiger partial charge in [0.05, 0.1) is 5.92 Å². The fourth-order valence-corrected chi connectivity index (χ4v) is 3.29. The molecular weight excluding hydrogens is 320 g/mol. The molecule has 2 unspecified atom stereocenters. The zero-order valence-electron chi connectivity index (χ0n) is 15.3. The minimum Gasteiger partial charge on any atom is -0.480 e. The Bertz CT molecular complexity index is 666. The van der Waals surface area contributed by atoms with Gasteiger partial charge < -0.3 is 14.9 Å². The third kappa shape index (κ3) is 4.38. The molecule has 136 valence electrons. The normalized spacial score (nSPS) is 18.6. The summed E-state index contributed by atoms with van der Waals surface area (Å²) >= 11 is 0. The Labute approximate surface area is 148 Å². The molecule has 1 aliphatic rings. The number of carbonyl (C=O) groups excluding carboxylic acids is 2. The largest absolute Gasteiger partial charge is 0.480 e. The van der Waals surface area contributed by atoms with Gasteiger partial charge in [-0.1, -0.05) is 17.2 Å². The van der Waals surface area contributed by atoms with Gasteiger partial charge in [0.25, 0.3) is 5.91 Å². The summed E-state index contributed by atoms with van der Waals surface area (Å²) in [6, 6.07) is 4.86. The van der Waals surface area contributed by atoms with Crippen LogP contribution in [0.3, 0.4) is 0 Å². The van der Waals surface area contributed by atoms with Crippen molar-refractivity contribution in [3.63, 3.8) is 0 Å². The van der Waals surface area contributed by atoms with Crippen LogP contribution in [-0.4, -0.2) is 58.9 Å². The molecule has 0 bridgehead atoms. The quantitative estimate of drug-likeness (QED) is 0.905. The van der Waals surface area contributed by atoms with Crippen LogP contribution in [0.4, 0.5) is 0 Å². The molecule has 2 amide bonds. The summed E-state index contributed by atoms with van der Waals surface area (Å²) in [6.45, 7) is 6.35. The molecule has 6 nitrogen and oxygen atoms in total. The lowest BCUT2D eigenvalue weighted by Crippen LogP contribution is -2.49. The number of benzene rings is 1. The highest BCUT2D eigenvalue weighted by Gasteiger charge is 2.33. The minimum atomic E-state index is -1.03. The summed E-state index contributed by atoms with van der Waals surface area (Å²) in [5.41, 5.74) is 2.70. The molecule has 1 aliphatic heterocycles. The van der Waals surface area contributed by atoms with Gasteiger partial charge >= 0.3 is 5.97 Å². The van der Waals surface area contributed by atoms with E-state index in [4.69, 9.17) is 5.11 Å². The van der Waals surface area contributed by atoms with Crippen LogP contribution in [0.1, 0.15) is 41.3 Å². The second kappa shape index (κ2) is 7.68. The Kier molecular flexibility index (Phi) is 5.82. The van der Waals surface area contributed by atoms with Crippen LogP contribution < -0.4 is 0 Å². The third-order valence-corrected chi connectivity index (χ3v) is 4.81. The van der Waals surface area contributed by atoms with Gasteiger partial charge in [-0.15, -0.1) is 0 Å². The molecule has 0 saturated carbocycles. The van der Waals surface area contributed by atoms with Crippen molar-refractivity contribution < 1.29 is 19.5 Å². The van der Waals surface area contributed by atoms with E-state index >= 15 is 0 Å². The number of amides is 2. The van der Waals surface area contributed by atoms with Gasteiger partial charge in [-0.3, -0.25) is 9.59 Å². The number of likely N-dealkylation sites (tertiary alicyclic amines) is 1. The lowest BCUT2D eigenvalue weighted by molar-refractivity contribution is -0.150. The first-order valence-corrected chi connectivity index (χ1v) is 8.57. The highest BCUT2D eigenvalue weighted by atomic mass is 16.4. The summed E-state index contributed by atoms with van der Waals surface area (Å²) in [5.74, 6) is -1.67. The van der Waals surface area contributed by atoms with E-state index in [1.54, 1.807) is 4.90 Å². The Morgan fingerprint density at radius 1 is 1.20 bits per heavy atom. The molecule has 1 saturated heterocycles. The first-order valence-electron chi connectivity index (χ1n) is 8.57. The summed E-state index contributed by atoms with van der Waals surface area (Å²) in [5, 5.41) is 9.08. The molecule has 6 heteroatoms. The molecular formula is C19H26N2O4. The van der Waals surface area contributed by atoms with Crippen LogP contribution in [0.5, 0.6) is 0 Å². The Hall–Kier alpha value is -2.37. The van der Waals surface area contributed by atoms with Crippen LogP contribution >= 0.6 is 0 Å². The average molecular weight is 346 g/mol. The van der Waals surface area contributed by atoms with Gasteiger partial charge in [-0.25, -0.2) is 4.79 Å². The molecule has 1 aromatic rings. The van der Waals surface area contributed by atoms with Gasteiger partial charge in [-0.05, 0) is 45.7 Å². The number of carboxylic acids is 1. The molecule has 0 aliphatic carbocycles. The van der Waals surface area contributed by atoms with Crippen molar-refractivity contribution in [2.45, 2.75) is 39.7 Å². The van der Waals surface area contributed by atoms with Crippen LogP contribution in [-0.2, 0) is 9.59 Å². The third-order valence-electron chi connectivity index (χ3n) is 4.81. The van der Waals surface area contributed by atoms with Crippen molar-refractivity contribution in [3.8, 4) is 0 Å². The summed E-state index contributed by atoms with van der Waals surface area (Å²) < 4.78 is 0. The number of likely N-dealkylation sites (N-methyl/N-ethyl adjacent to an activating group) is 1. The van der Waals surface area contributed by atoms with E-state index in [-0.39, 0.29) is 17.7 Å². The molecule has 2 atom stereocenters. The molecule has 2 rings (SSSR count). The van der Waals surface area contributed by atoms with E-state index in [0.29, 0.717) is 25.1 Å². The van der Waals surface area contributed by atoms with Gasteiger partial charge in [0.15, 0.2) is 0 Å². The zero-order chi connectivity index (χ0) is 18.7.